The third kappa shape index (κ3) is 2.43. The Bertz CT molecular complexity index is 757. The molecule has 1 heterocycles. The van der Waals surface area contributed by atoms with E-state index < -0.39 is 0 Å². The summed E-state index contributed by atoms with van der Waals surface area (Å²) in [6.07, 6.45) is 6.87. The molecule has 4 saturated carbocycles. The molecule has 0 radical (unpaired) electrons. The van der Waals surface area contributed by atoms with Crippen molar-refractivity contribution in [1.29, 1.82) is 0 Å². The molecule has 0 unspecified atom stereocenters. The summed E-state index contributed by atoms with van der Waals surface area (Å²) in [5.74, 6) is 6.66. The largest absolute Gasteiger partial charge is 0.493 e. The zero-order chi connectivity index (χ0) is 17.0. The van der Waals surface area contributed by atoms with E-state index in [0.717, 1.165) is 35.1 Å². The Balaban J connectivity index is 1.44. The summed E-state index contributed by atoms with van der Waals surface area (Å²) in [6.45, 7) is 0. The van der Waals surface area contributed by atoms with Crippen molar-refractivity contribution in [2.24, 2.45) is 23.7 Å². The van der Waals surface area contributed by atoms with E-state index in [1.54, 1.807) is 14.2 Å². The molecule has 5 heteroatoms. The van der Waals surface area contributed by atoms with E-state index in [1.165, 1.54) is 32.1 Å². The fraction of sp³-hybridized carbons (Fsp3) is 0.600. The first-order chi connectivity index (χ1) is 12.2. The zero-order valence-corrected chi connectivity index (χ0v) is 14.8. The lowest BCUT2D eigenvalue weighted by molar-refractivity contribution is -0.0113. The third-order valence-electron chi connectivity index (χ3n) is 6.58. The van der Waals surface area contributed by atoms with Crippen molar-refractivity contribution in [3.05, 3.63) is 24.1 Å². The number of aromatic nitrogens is 2. The summed E-state index contributed by atoms with van der Waals surface area (Å²) in [7, 11) is 3.27. The second kappa shape index (κ2) is 5.75. The van der Waals surface area contributed by atoms with Crippen LogP contribution in [0.1, 0.15) is 43.9 Å². The van der Waals surface area contributed by atoms with Crippen LogP contribution in [0, 0.1) is 23.7 Å². The standard InChI is InChI=1S/C20H24N2O3/c1-23-16-4-3-13(10-17(16)24-2)19-21-22-20(25-19)18-14-6-11-5-12(8-14)9-15(18)7-11/h3-4,10-12,14-15,18H,5-9H2,1-2H3. The molecule has 1 aromatic carbocycles. The first-order valence-corrected chi connectivity index (χ1v) is 9.31. The van der Waals surface area contributed by atoms with Crippen LogP contribution < -0.4 is 9.47 Å². The molecule has 0 atom stereocenters. The van der Waals surface area contributed by atoms with Gasteiger partial charge in [-0.1, -0.05) is 0 Å². The highest BCUT2D eigenvalue weighted by molar-refractivity contribution is 5.59. The zero-order valence-electron chi connectivity index (χ0n) is 14.8. The predicted molar refractivity (Wildman–Crippen MR) is 92.6 cm³/mol. The summed E-state index contributed by atoms with van der Waals surface area (Å²) >= 11 is 0. The summed E-state index contributed by atoms with van der Waals surface area (Å²) in [6, 6.07) is 5.71. The van der Waals surface area contributed by atoms with Crippen molar-refractivity contribution in [2.45, 2.75) is 38.0 Å². The van der Waals surface area contributed by atoms with Gasteiger partial charge in [0, 0.05) is 11.5 Å². The van der Waals surface area contributed by atoms with Gasteiger partial charge in [0.1, 0.15) is 0 Å². The molecule has 4 fully saturated rings. The number of methoxy groups -OCH3 is 2. The van der Waals surface area contributed by atoms with Gasteiger partial charge < -0.3 is 13.9 Å². The SMILES string of the molecule is COc1ccc(-c2nnc(C3C4CC5CC(C4)CC3C5)o2)cc1OC. The molecular formula is C20H24N2O3. The molecule has 5 nitrogen and oxygen atoms in total. The number of hydrogen-bond acceptors (Lipinski definition) is 5. The summed E-state index contributed by atoms with van der Waals surface area (Å²) < 4.78 is 16.8. The molecular weight excluding hydrogens is 316 g/mol. The number of benzene rings is 1. The average molecular weight is 340 g/mol. The van der Waals surface area contributed by atoms with Crippen molar-refractivity contribution >= 4 is 0 Å². The Labute approximate surface area is 147 Å². The van der Waals surface area contributed by atoms with Crippen LogP contribution in [0.3, 0.4) is 0 Å². The fourth-order valence-corrected chi connectivity index (χ4v) is 5.78. The molecule has 4 aliphatic rings. The van der Waals surface area contributed by atoms with Gasteiger partial charge in [0.2, 0.25) is 11.8 Å². The minimum atomic E-state index is 0.467. The van der Waals surface area contributed by atoms with E-state index >= 15 is 0 Å². The number of ether oxygens (including phenoxy) is 2. The van der Waals surface area contributed by atoms with Gasteiger partial charge in [-0.2, -0.15) is 0 Å². The van der Waals surface area contributed by atoms with E-state index in [0.29, 0.717) is 23.3 Å². The van der Waals surface area contributed by atoms with Crippen molar-refractivity contribution < 1.29 is 13.9 Å². The molecule has 1 aromatic heterocycles. The molecule has 0 N–H and O–H groups in total. The molecule has 4 bridgehead atoms. The molecule has 25 heavy (non-hydrogen) atoms. The van der Waals surface area contributed by atoms with Crippen molar-refractivity contribution in [3.63, 3.8) is 0 Å². The van der Waals surface area contributed by atoms with E-state index in [1.807, 2.05) is 18.2 Å². The number of rotatable bonds is 4. The highest BCUT2D eigenvalue weighted by atomic mass is 16.5. The molecule has 0 saturated heterocycles. The molecule has 0 spiro atoms. The minimum absolute atomic E-state index is 0.467. The Kier molecular flexibility index (Phi) is 3.50. The third-order valence-corrected chi connectivity index (χ3v) is 6.58. The van der Waals surface area contributed by atoms with Gasteiger partial charge in [0.25, 0.3) is 0 Å². The van der Waals surface area contributed by atoms with Gasteiger partial charge in [-0.3, -0.25) is 0 Å². The van der Waals surface area contributed by atoms with Crippen LogP contribution in [0.2, 0.25) is 0 Å². The smallest absolute Gasteiger partial charge is 0.247 e. The Morgan fingerprint density at radius 2 is 1.56 bits per heavy atom. The second-order valence-corrected chi connectivity index (χ2v) is 7.97. The lowest BCUT2D eigenvalue weighted by Gasteiger charge is -2.53. The summed E-state index contributed by atoms with van der Waals surface area (Å²) in [5, 5.41) is 8.78. The van der Waals surface area contributed by atoms with Crippen LogP contribution >= 0.6 is 0 Å². The Hall–Kier alpha value is -2.04. The van der Waals surface area contributed by atoms with E-state index in [-0.39, 0.29) is 0 Å². The van der Waals surface area contributed by atoms with Gasteiger partial charge in [0.15, 0.2) is 11.5 Å². The quantitative estimate of drug-likeness (QED) is 0.831. The summed E-state index contributed by atoms with van der Waals surface area (Å²) in [5.41, 5.74) is 0.875. The van der Waals surface area contributed by atoms with Crippen molar-refractivity contribution in [3.8, 4) is 23.0 Å². The second-order valence-electron chi connectivity index (χ2n) is 7.97. The number of nitrogens with zero attached hydrogens (tertiary/aromatic N) is 2. The van der Waals surface area contributed by atoms with Crippen LogP contribution in [-0.4, -0.2) is 24.4 Å². The van der Waals surface area contributed by atoms with Crippen molar-refractivity contribution in [1.82, 2.24) is 10.2 Å². The molecule has 0 aliphatic heterocycles. The fourth-order valence-electron chi connectivity index (χ4n) is 5.78. The maximum absolute atomic E-state index is 6.15. The highest BCUT2D eigenvalue weighted by Crippen LogP contribution is 2.59. The first kappa shape index (κ1) is 15.2. The first-order valence-electron chi connectivity index (χ1n) is 9.31. The average Bonchev–Trinajstić information content (AvgIpc) is 3.10. The molecule has 132 valence electrons. The van der Waals surface area contributed by atoms with E-state index in [4.69, 9.17) is 13.9 Å². The van der Waals surface area contributed by atoms with Crippen molar-refractivity contribution in [2.75, 3.05) is 14.2 Å². The van der Waals surface area contributed by atoms with Gasteiger partial charge in [-0.15, -0.1) is 10.2 Å². The van der Waals surface area contributed by atoms with Gasteiger partial charge in [-0.25, -0.2) is 0 Å². The van der Waals surface area contributed by atoms with Crippen LogP contribution in [0.15, 0.2) is 22.6 Å². The normalized spacial score (nSPS) is 32.8. The Morgan fingerprint density at radius 1 is 0.880 bits per heavy atom. The van der Waals surface area contributed by atoms with Crippen LogP contribution in [0.4, 0.5) is 0 Å². The van der Waals surface area contributed by atoms with E-state index in [9.17, 15) is 0 Å². The van der Waals surface area contributed by atoms with E-state index in [2.05, 4.69) is 10.2 Å². The maximum atomic E-state index is 6.15. The monoisotopic (exact) mass is 340 g/mol. The number of hydrogen-bond donors (Lipinski definition) is 0. The maximum Gasteiger partial charge on any atom is 0.247 e. The van der Waals surface area contributed by atoms with Crippen LogP contribution in [-0.2, 0) is 0 Å². The molecule has 0 amide bonds. The topological polar surface area (TPSA) is 57.4 Å². The van der Waals surface area contributed by atoms with Crippen LogP contribution in [0.25, 0.3) is 11.5 Å². The molecule has 2 aromatic rings. The molecule has 4 aliphatic carbocycles. The lowest BCUT2D eigenvalue weighted by Crippen LogP contribution is -2.43. The highest BCUT2D eigenvalue weighted by Gasteiger charge is 2.50. The van der Waals surface area contributed by atoms with Gasteiger partial charge in [0.05, 0.1) is 14.2 Å². The van der Waals surface area contributed by atoms with Gasteiger partial charge >= 0.3 is 0 Å². The lowest BCUT2D eigenvalue weighted by atomic mass is 9.52. The van der Waals surface area contributed by atoms with Crippen LogP contribution in [0.5, 0.6) is 11.5 Å². The Morgan fingerprint density at radius 3 is 2.20 bits per heavy atom. The predicted octanol–water partition coefficient (Wildman–Crippen LogP) is 4.29. The summed E-state index contributed by atoms with van der Waals surface area (Å²) in [4.78, 5) is 0. The molecule has 6 rings (SSSR count). The minimum Gasteiger partial charge on any atom is -0.493 e. The van der Waals surface area contributed by atoms with Gasteiger partial charge in [-0.05, 0) is 74.0 Å².